The van der Waals surface area contributed by atoms with Gasteiger partial charge >= 0.3 is 0 Å². The van der Waals surface area contributed by atoms with Crippen molar-refractivity contribution in [1.82, 2.24) is 4.90 Å². The molecule has 2 fully saturated rings. The Labute approximate surface area is 211 Å². The molecule has 0 bridgehead atoms. The zero-order valence-corrected chi connectivity index (χ0v) is 19.8. The van der Waals surface area contributed by atoms with Gasteiger partial charge in [0.1, 0.15) is 6.04 Å². The van der Waals surface area contributed by atoms with Crippen molar-refractivity contribution in [2.45, 2.75) is 12.1 Å². The number of para-hydroxylation sites is 1. The first-order valence-electron chi connectivity index (χ1n) is 11.2. The highest BCUT2D eigenvalue weighted by Gasteiger charge is 2.64. The minimum absolute atomic E-state index is 0.199. The van der Waals surface area contributed by atoms with Crippen molar-refractivity contribution in [2.75, 3.05) is 10.2 Å². The number of nitrogens with zero attached hydrogens (tertiary/aromatic N) is 2. The van der Waals surface area contributed by atoms with Crippen LogP contribution in [-0.2, 0) is 14.4 Å². The highest BCUT2D eigenvalue weighted by molar-refractivity contribution is 6.38. The number of fused-ring (bicyclic) bond motifs is 5. The number of anilines is 2. The first-order chi connectivity index (χ1) is 17.0. The lowest BCUT2D eigenvalue weighted by atomic mass is 9.84. The summed E-state index contributed by atoms with van der Waals surface area (Å²) in [5.41, 5.74) is 2.76. The van der Waals surface area contributed by atoms with Gasteiger partial charge in [0.05, 0.1) is 28.6 Å². The summed E-state index contributed by atoms with van der Waals surface area (Å²) in [4.78, 5) is 44.3. The quantitative estimate of drug-likeness (QED) is 0.502. The number of carbonyl (C=O) groups is 3. The van der Waals surface area contributed by atoms with Crippen LogP contribution in [0, 0.1) is 11.8 Å². The fourth-order valence-corrected chi connectivity index (χ4v) is 5.99. The van der Waals surface area contributed by atoms with Gasteiger partial charge in [-0.05, 0) is 47.5 Å². The van der Waals surface area contributed by atoms with E-state index in [0.29, 0.717) is 10.7 Å². The van der Waals surface area contributed by atoms with Crippen LogP contribution < -0.4 is 10.2 Å². The molecular weight excluding hydrogens is 485 g/mol. The van der Waals surface area contributed by atoms with Gasteiger partial charge in [-0.3, -0.25) is 14.4 Å². The number of halogens is 2. The first kappa shape index (κ1) is 21.9. The van der Waals surface area contributed by atoms with Gasteiger partial charge in [-0.15, -0.1) is 0 Å². The average molecular weight is 504 g/mol. The summed E-state index contributed by atoms with van der Waals surface area (Å²) in [6.45, 7) is 0. The number of rotatable bonds is 3. The summed E-state index contributed by atoms with van der Waals surface area (Å²) in [7, 11) is 0. The molecule has 4 atom stereocenters. The summed E-state index contributed by atoms with van der Waals surface area (Å²) >= 11 is 12.4. The van der Waals surface area contributed by atoms with E-state index in [0.717, 1.165) is 16.0 Å². The zero-order chi connectivity index (χ0) is 24.3. The summed E-state index contributed by atoms with van der Waals surface area (Å²) < 4.78 is 0. The van der Waals surface area contributed by atoms with E-state index in [1.807, 2.05) is 59.6 Å². The van der Waals surface area contributed by atoms with Gasteiger partial charge < -0.3 is 10.2 Å². The van der Waals surface area contributed by atoms with Gasteiger partial charge in [0.15, 0.2) is 0 Å². The van der Waals surface area contributed by atoms with Crippen molar-refractivity contribution in [3.05, 3.63) is 100 Å². The Morgan fingerprint density at radius 2 is 1.57 bits per heavy atom. The lowest BCUT2D eigenvalue weighted by molar-refractivity contribution is -0.128. The molecule has 174 valence electrons. The van der Waals surface area contributed by atoms with Crippen LogP contribution in [0.25, 0.3) is 6.08 Å². The minimum atomic E-state index is -0.876. The largest absolute Gasteiger partial charge is 0.357 e. The van der Waals surface area contributed by atoms with Gasteiger partial charge in [0.25, 0.3) is 0 Å². The van der Waals surface area contributed by atoms with Crippen LogP contribution in [0.4, 0.5) is 11.4 Å². The van der Waals surface area contributed by atoms with E-state index in [2.05, 4.69) is 5.32 Å². The van der Waals surface area contributed by atoms with Crippen LogP contribution in [0.2, 0.25) is 10.0 Å². The van der Waals surface area contributed by atoms with Gasteiger partial charge in [-0.1, -0.05) is 65.7 Å². The maximum atomic E-state index is 13.9. The molecule has 3 aliphatic rings. The number of nitrogens with one attached hydrogen (secondary N) is 1. The highest BCUT2D eigenvalue weighted by atomic mass is 35.5. The third-order valence-electron chi connectivity index (χ3n) is 6.92. The monoisotopic (exact) mass is 503 g/mol. The van der Waals surface area contributed by atoms with Crippen LogP contribution in [-0.4, -0.2) is 28.7 Å². The highest BCUT2D eigenvalue weighted by Crippen LogP contribution is 2.53. The van der Waals surface area contributed by atoms with Gasteiger partial charge in [0, 0.05) is 16.9 Å². The molecule has 0 saturated carbocycles. The van der Waals surface area contributed by atoms with E-state index >= 15 is 0 Å². The third kappa shape index (κ3) is 3.36. The molecule has 4 unspecified atom stereocenters. The predicted molar refractivity (Wildman–Crippen MR) is 135 cm³/mol. The number of imide groups is 1. The van der Waals surface area contributed by atoms with Crippen LogP contribution >= 0.6 is 23.2 Å². The van der Waals surface area contributed by atoms with E-state index in [-0.39, 0.29) is 22.5 Å². The molecule has 6 nitrogen and oxygen atoms in total. The lowest BCUT2D eigenvalue weighted by Gasteiger charge is -2.35. The molecule has 0 aliphatic carbocycles. The molecule has 3 aromatic rings. The average Bonchev–Trinajstić information content (AvgIpc) is 3.33. The maximum absolute atomic E-state index is 13.9. The van der Waals surface area contributed by atoms with E-state index < -0.39 is 29.8 Å². The first-order valence-corrected chi connectivity index (χ1v) is 11.9. The molecule has 1 N–H and O–H groups in total. The Balaban J connectivity index is 1.46. The number of hydrogen-bond acceptors (Lipinski definition) is 4. The SMILES string of the molecule is O=C(Nc1ccccc1)C1C2C(=O)N(c3ccc(Cl)cc3Cl)C(=O)C2C2c3ccccc3C=CN12. The number of benzene rings is 3. The molecule has 3 aromatic carbocycles. The second kappa shape index (κ2) is 8.26. The number of carbonyl (C=O) groups excluding carboxylic acids is 3. The normalized spacial score (nSPS) is 24.3. The fraction of sp³-hybridized carbons (Fsp3) is 0.148. The molecule has 0 aromatic heterocycles. The van der Waals surface area contributed by atoms with Crippen LogP contribution in [0.5, 0.6) is 0 Å². The van der Waals surface area contributed by atoms with Crippen molar-refractivity contribution in [1.29, 1.82) is 0 Å². The standard InChI is InChI=1S/C27H19Cl2N3O3/c28-16-10-11-20(19(29)14-16)32-26(34)21-22(27(32)35)24(25(33)30-17-7-2-1-3-8-17)31-13-12-15-6-4-5-9-18(15)23(21)31/h1-14,21-24H,(H,30,33). The van der Waals surface area contributed by atoms with Gasteiger partial charge in [0.2, 0.25) is 17.7 Å². The maximum Gasteiger partial charge on any atom is 0.247 e. The number of hydrogen-bond donors (Lipinski definition) is 1. The Hall–Kier alpha value is -3.61. The molecule has 3 aliphatic heterocycles. The third-order valence-corrected chi connectivity index (χ3v) is 7.46. The Morgan fingerprint density at radius 1 is 0.857 bits per heavy atom. The molecule has 3 heterocycles. The molecule has 0 radical (unpaired) electrons. The van der Waals surface area contributed by atoms with Gasteiger partial charge in [-0.2, -0.15) is 0 Å². The summed E-state index contributed by atoms with van der Waals surface area (Å²) in [5.74, 6) is -2.79. The molecule has 0 spiro atoms. The molecule has 35 heavy (non-hydrogen) atoms. The van der Waals surface area contributed by atoms with E-state index in [1.54, 1.807) is 24.3 Å². The van der Waals surface area contributed by atoms with Crippen LogP contribution in [0.3, 0.4) is 0 Å². The van der Waals surface area contributed by atoms with Crippen LogP contribution in [0.15, 0.2) is 79.0 Å². The summed E-state index contributed by atoms with van der Waals surface area (Å²) in [5, 5.41) is 3.52. The Bertz CT molecular complexity index is 1410. The molecule has 2 saturated heterocycles. The van der Waals surface area contributed by atoms with Crippen molar-refractivity contribution in [3.8, 4) is 0 Å². The molecule has 3 amide bonds. The lowest BCUT2D eigenvalue weighted by Crippen LogP contribution is -2.46. The van der Waals surface area contributed by atoms with Gasteiger partial charge in [-0.25, -0.2) is 4.90 Å². The summed E-state index contributed by atoms with van der Waals surface area (Å²) in [6, 6.07) is 20.1. The zero-order valence-electron chi connectivity index (χ0n) is 18.3. The molecular formula is C27H19Cl2N3O3. The Kier molecular flexibility index (Phi) is 5.16. The Morgan fingerprint density at radius 3 is 2.34 bits per heavy atom. The van der Waals surface area contributed by atoms with Crippen LogP contribution in [0.1, 0.15) is 17.2 Å². The van der Waals surface area contributed by atoms with E-state index in [9.17, 15) is 14.4 Å². The summed E-state index contributed by atoms with van der Waals surface area (Å²) in [6.07, 6.45) is 3.74. The fourth-order valence-electron chi connectivity index (χ4n) is 5.49. The van der Waals surface area contributed by atoms with Crippen molar-refractivity contribution >= 4 is 58.4 Å². The smallest absolute Gasteiger partial charge is 0.247 e. The van der Waals surface area contributed by atoms with Crippen molar-refractivity contribution < 1.29 is 14.4 Å². The minimum Gasteiger partial charge on any atom is -0.357 e. The van der Waals surface area contributed by atoms with E-state index in [1.165, 1.54) is 6.07 Å². The van der Waals surface area contributed by atoms with Crippen molar-refractivity contribution in [3.63, 3.8) is 0 Å². The molecule has 6 rings (SSSR count). The second-order valence-corrected chi connectivity index (χ2v) is 9.64. The van der Waals surface area contributed by atoms with Crippen molar-refractivity contribution in [2.24, 2.45) is 11.8 Å². The topological polar surface area (TPSA) is 69.7 Å². The van der Waals surface area contributed by atoms with E-state index in [4.69, 9.17) is 23.2 Å². The molecule has 8 heteroatoms. The number of amides is 3. The second-order valence-electron chi connectivity index (χ2n) is 8.80. The predicted octanol–water partition coefficient (Wildman–Crippen LogP) is 5.15.